The molecule has 1 aliphatic heterocycles. The number of urea groups is 1. The van der Waals surface area contributed by atoms with E-state index in [0.29, 0.717) is 6.42 Å². The summed E-state index contributed by atoms with van der Waals surface area (Å²) in [5, 5.41) is 21.9. The van der Waals surface area contributed by atoms with Crippen LogP contribution in [0.15, 0.2) is 24.3 Å². The van der Waals surface area contributed by atoms with E-state index in [1.54, 1.807) is 6.92 Å². The number of piperidine rings is 1. The minimum absolute atomic E-state index is 0.0423. The fraction of sp³-hybridized carbons (Fsp3) is 0.529. The number of benzene rings is 1. The van der Waals surface area contributed by atoms with Crippen molar-refractivity contribution in [3.63, 3.8) is 0 Å². The van der Waals surface area contributed by atoms with E-state index in [-0.39, 0.29) is 25.9 Å². The first kappa shape index (κ1) is 20.0. The average Bonchev–Trinajstić information content (AvgIpc) is 2.56. The number of halogens is 3. The van der Waals surface area contributed by atoms with Gasteiger partial charge in [0.05, 0.1) is 17.4 Å². The molecule has 3 N–H and O–H groups in total. The predicted octanol–water partition coefficient (Wildman–Crippen LogP) is 3.18. The Balaban J connectivity index is 2.22. The van der Waals surface area contributed by atoms with Gasteiger partial charge in [0.25, 0.3) is 0 Å². The smallest absolute Gasteiger partial charge is 0.418 e. The van der Waals surface area contributed by atoms with Gasteiger partial charge in [-0.2, -0.15) is 13.2 Å². The zero-order valence-electron chi connectivity index (χ0n) is 14.2. The molecule has 1 heterocycles. The van der Waals surface area contributed by atoms with Crippen molar-refractivity contribution in [2.45, 2.75) is 38.5 Å². The molecule has 2 rings (SSSR count). The zero-order chi connectivity index (χ0) is 19.5. The van der Waals surface area contributed by atoms with E-state index in [1.807, 2.05) is 0 Å². The van der Waals surface area contributed by atoms with Crippen LogP contribution in [0.4, 0.5) is 23.7 Å². The molecule has 0 spiro atoms. The van der Waals surface area contributed by atoms with Crippen LogP contribution >= 0.6 is 0 Å². The summed E-state index contributed by atoms with van der Waals surface area (Å²) in [6, 6.07) is 3.75. The predicted molar refractivity (Wildman–Crippen MR) is 87.6 cm³/mol. The Morgan fingerprint density at radius 3 is 2.58 bits per heavy atom. The maximum atomic E-state index is 13.0. The maximum absolute atomic E-state index is 13.0. The lowest BCUT2D eigenvalue weighted by atomic mass is 9.74. The molecule has 1 saturated heterocycles. The second-order valence-corrected chi connectivity index (χ2v) is 6.41. The zero-order valence-corrected chi connectivity index (χ0v) is 14.2. The van der Waals surface area contributed by atoms with Gasteiger partial charge in [0.15, 0.2) is 0 Å². The van der Waals surface area contributed by atoms with Gasteiger partial charge in [-0.1, -0.05) is 25.5 Å². The molecule has 6 nitrogen and oxygen atoms in total. The second-order valence-electron chi connectivity index (χ2n) is 6.41. The molecule has 1 aromatic carbocycles. The molecule has 9 heteroatoms. The van der Waals surface area contributed by atoms with E-state index in [2.05, 4.69) is 5.32 Å². The van der Waals surface area contributed by atoms with Gasteiger partial charge in [0.1, 0.15) is 5.41 Å². The first-order valence-corrected chi connectivity index (χ1v) is 8.25. The highest BCUT2D eigenvalue weighted by Crippen LogP contribution is 2.37. The van der Waals surface area contributed by atoms with Crippen LogP contribution in [0.25, 0.3) is 0 Å². The van der Waals surface area contributed by atoms with Crippen LogP contribution in [0.1, 0.15) is 31.7 Å². The molecule has 0 radical (unpaired) electrons. The van der Waals surface area contributed by atoms with Crippen LogP contribution in [0.2, 0.25) is 0 Å². The number of nitrogens with one attached hydrogen (secondary N) is 1. The van der Waals surface area contributed by atoms with E-state index >= 15 is 0 Å². The van der Waals surface area contributed by atoms with Crippen LogP contribution in [0.3, 0.4) is 0 Å². The van der Waals surface area contributed by atoms with Crippen LogP contribution in [0.5, 0.6) is 0 Å². The van der Waals surface area contributed by atoms with Crippen molar-refractivity contribution >= 4 is 17.7 Å². The topological polar surface area (TPSA) is 89.9 Å². The minimum atomic E-state index is -4.63. The van der Waals surface area contributed by atoms with E-state index < -0.39 is 40.9 Å². The number of rotatable bonds is 4. The Kier molecular flexibility index (Phi) is 5.80. The number of carboxylic acids is 1. The molecule has 0 aliphatic carbocycles. The summed E-state index contributed by atoms with van der Waals surface area (Å²) in [6.45, 7) is 1.55. The van der Waals surface area contributed by atoms with Crippen molar-refractivity contribution in [3.8, 4) is 0 Å². The van der Waals surface area contributed by atoms with Crippen molar-refractivity contribution in [3.05, 3.63) is 29.8 Å². The molecule has 2 amide bonds. The third-order valence-electron chi connectivity index (χ3n) is 4.67. The molecule has 0 bridgehead atoms. The van der Waals surface area contributed by atoms with Gasteiger partial charge in [-0.15, -0.1) is 0 Å². The molecule has 144 valence electrons. The summed E-state index contributed by atoms with van der Waals surface area (Å²) in [5.41, 5.74) is -2.90. The molecule has 0 saturated carbocycles. The summed E-state index contributed by atoms with van der Waals surface area (Å²) in [7, 11) is 0. The third-order valence-corrected chi connectivity index (χ3v) is 4.67. The standard InChI is InChI=1S/C17H21F3N2O4/c1-2-8-16(14(24)25)10-22(9-7-13(16)23)15(26)21-12-6-4-3-5-11(12)17(18,19)20/h3-6,13,23H,2,7-10H2,1H3,(H,21,26)(H,24,25)/t13-,16+/m0/s1. The van der Waals surface area contributed by atoms with Crippen molar-refractivity contribution in [1.29, 1.82) is 0 Å². The van der Waals surface area contributed by atoms with Gasteiger partial charge in [0.2, 0.25) is 0 Å². The lowest BCUT2D eigenvalue weighted by Gasteiger charge is -2.43. The van der Waals surface area contributed by atoms with E-state index in [0.717, 1.165) is 17.0 Å². The molecular weight excluding hydrogens is 353 g/mol. The summed E-state index contributed by atoms with van der Waals surface area (Å²) in [4.78, 5) is 25.3. The van der Waals surface area contributed by atoms with Crippen molar-refractivity contribution < 1.29 is 33.0 Å². The quantitative estimate of drug-likeness (QED) is 0.755. The molecular formula is C17H21F3N2O4. The van der Waals surface area contributed by atoms with Crippen molar-refractivity contribution in [2.24, 2.45) is 5.41 Å². The Hall–Kier alpha value is -2.29. The van der Waals surface area contributed by atoms with Crippen molar-refractivity contribution in [2.75, 3.05) is 18.4 Å². The summed E-state index contributed by atoms with van der Waals surface area (Å²) in [6.07, 6.45) is -5.07. The molecule has 2 atom stereocenters. The van der Waals surface area contributed by atoms with E-state index in [9.17, 15) is 33.0 Å². The summed E-state index contributed by atoms with van der Waals surface area (Å²) < 4.78 is 39.1. The number of aliphatic hydroxyl groups excluding tert-OH is 1. The fourth-order valence-corrected chi connectivity index (χ4v) is 3.30. The summed E-state index contributed by atoms with van der Waals surface area (Å²) in [5.74, 6) is -1.22. The number of carbonyl (C=O) groups is 2. The first-order valence-electron chi connectivity index (χ1n) is 8.25. The minimum Gasteiger partial charge on any atom is -0.481 e. The Labute approximate surface area is 148 Å². The Morgan fingerprint density at radius 2 is 2.00 bits per heavy atom. The number of anilines is 1. The van der Waals surface area contributed by atoms with Crippen LogP contribution in [0, 0.1) is 5.41 Å². The molecule has 26 heavy (non-hydrogen) atoms. The molecule has 1 aromatic rings. The molecule has 1 fully saturated rings. The van der Waals surface area contributed by atoms with Gasteiger partial charge in [-0.3, -0.25) is 4.79 Å². The van der Waals surface area contributed by atoms with Gasteiger partial charge in [-0.05, 0) is 25.0 Å². The number of aliphatic hydroxyl groups is 1. The SMILES string of the molecule is CCC[C@@]1(C(=O)O)CN(C(=O)Nc2ccccc2C(F)(F)F)CC[C@@H]1O. The molecule has 1 aliphatic rings. The number of nitrogens with zero attached hydrogens (tertiary/aromatic N) is 1. The van der Waals surface area contributed by atoms with E-state index in [1.165, 1.54) is 12.1 Å². The maximum Gasteiger partial charge on any atom is 0.418 e. The fourth-order valence-electron chi connectivity index (χ4n) is 3.30. The van der Waals surface area contributed by atoms with Crippen LogP contribution in [-0.4, -0.2) is 46.3 Å². The Bertz CT molecular complexity index is 680. The monoisotopic (exact) mass is 374 g/mol. The first-order chi connectivity index (χ1) is 12.1. The number of hydrogen-bond acceptors (Lipinski definition) is 3. The average molecular weight is 374 g/mol. The molecule has 0 unspecified atom stereocenters. The summed E-state index contributed by atoms with van der Waals surface area (Å²) >= 11 is 0. The van der Waals surface area contributed by atoms with E-state index in [4.69, 9.17) is 0 Å². The number of para-hydroxylation sites is 1. The van der Waals surface area contributed by atoms with Gasteiger partial charge in [-0.25, -0.2) is 4.79 Å². The lowest BCUT2D eigenvalue weighted by Crippen LogP contribution is -2.58. The number of aliphatic carboxylic acids is 1. The van der Waals surface area contributed by atoms with Crippen molar-refractivity contribution in [1.82, 2.24) is 4.90 Å². The normalized spacial score (nSPS) is 23.6. The number of alkyl halides is 3. The number of likely N-dealkylation sites (tertiary alicyclic amines) is 1. The highest BCUT2D eigenvalue weighted by Gasteiger charge is 2.49. The second kappa shape index (κ2) is 7.53. The number of amides is 2. The number of carboxylic acid groups (broad SMARTS) is 1. The lowest BCUT2D eigenvalue weighted by molar-refractivity contribution is -0.162. The van der Waals surface area contributed by atoms with Gasteiger partial charge < -0.3 is 20.4 Å². The third kappa shape index (κ3) is 3.92. The molecule has 0 aromatic heterocycles. The number of carbonyl (C=O) groups excluding carboxylic acids is 1. The highest BCUT2D eigenvalue weighted by molar-refractivity contribution is 5.91. The highest BCUT2D eigenvalue weighted by atomic mass is 19.4. The van der Waals surface area contributed by atoms with Crippen LogP contribution < -0.4 is 5.32 Å². The number of hydrogen-bond donors (Lipinski definition) is 3. The van der Waals surface area contributed by atoms with Crippen LogP contribution in [-0.2, 0) is 11.0 Å². The van der Waals surface area contributed by atoms with Gasteiger partial charge in [0, 0.05) is 13.1 Å². The Morgan fingerprint density at radius 1 is 1.35 bits per heavy atom. The van der Waals surface area contributed by atoms with Gasteiger partial charge >= 0.3 is 18.2 Å². The largest absolute Gasteiger partial charge is 0.481 e.